The summed E-state index contributed by atoms with van der Waals surface area (Å²) >= 11 is 7.11. The van der Waals surface area contributed by atoms with Crippen molar-refractivity contribution in [1.29, 1.82) is 0 Å². The Hall–Kier alpha value is -16.1. The quantitative estimate of drug-likeness (QED) is 0.132. The van der Waals surface area contributed by atoms with E-state index in [1.54, 1.807) is 34.0 Å². The van der Waals surface area contributed by atoms with Crippen molar-refractivity contribution in [3.63, 3.8) is 0 Å². The number of benzene rings is 14. The first-order chi connectivity index (χ1) is 62.9. The van der Waals surface area contributed by atoms with Crippen molar-refractivity contribution in [2.45, 2.75) is 0 Å². The number of hydrogen-bond acceptors (Lipinski definition) is 17. The highest BCUT2D eigenvalue weighted by Crippen LogP contribution is 2.49. The third-order valence-corrected chi connectivity index (χ3v) is 28.5. The van der Waals surface area contributed by atoms with Crippen molar-refractivity contribution in [1.82, 2.24) is 59.4 Å². The average molecular weight is 1700 g/mol. The zero-order valence-electron chi connectivity index (χ0n) is 67.0. The van der Waals surface area contributed by atoms with Crippen molar-refractivity contribution >= 4 is 225 Å². The van der Waals surface area contributed by atoms with Gasteiger partial charge in [0.05, 0.1) is 59.6 Å². The number of fused-ring (bicyclic) bond motifs is 25. The van der Waals surface area contributed by atoms with Crippen molar-refractivity contribution in [3.05, 3.63) is 365 Å². The van der Waals surface area contributed by atoms with Gasteiger partial charge in [0.2, 0.25) is 5.95 Å². The summed E-state index contributed by atoms with van der Waals surface area (Å²) in [4.78, 5) is 55.3. The van der Waals surface area contributed by atoms with E-state index in [-0.39, 0.29) is 0 Å². The summed E-state index contributed by atoms with van der Waals surface area (Å²) in [7, 11) is 0. The van der Waals surface area contributed by atoms with Gasteiger partial charge in [-0.3, -0.25) is 14.5 Å². The molecule has 28 aromatic rings. The molecule has 0 unspecified atom stereocenters. The maximum absolute atomic E-state index is 6.58. The van der Waals surface area contributed by atoms with Gasteiger partial charge in [-0.2, -0.15) is 0 Å². The van der Waals surface area contributed by atoms with Crippen LogP contribution in [0.25, 0.3) is 265 Å². The van der Waals surface area contributed by atoms with E-state index in [9.17, 15) is 0 Å². The molecule has 0 aliphatic rings. The van der Waals surface area contributed by atoms with Gasteiger partial charge >= 0.3 is 0 Å². The molecular weight excluding hydrogens is 1640 g/mol. The summed E-state index contributed by atoms with van der Waals surface area (Å²) < 4.78 is 24.5. The molecule has 0 radical (unpaired) electrons. The monoisotopic (exact) mass is 1700 g/mol. The van der Waals surface area contributed by atoms with Gasteiger partial charge in [0.15, 0.2) is 23.1 Å². The van der Waals surface area contributed by atoms with Crippen LogP contribution in [-0.2, 0) is 0 Å². The molecule has 0 saturated heterocycles. The minimum Gasteiger partial charge on any atom is -0.456 e. The Bertz CT molecular complexity index is 9340. The molecule has 14 aromatic carbocycles. The van der Waals surface area contributed by atoms with Gasteiger partial charge in [0, 0.05) is 162 Å². The zero-order chi connectivity index (χ0) is 83.3. The van der Waals surface area contributed by atoms with Crippen LogP contribution in [0.3, 0.4) is 0 Å². The number of hydrogen-bond donors (Lipinski definition) is 0. The highest BCUT2D eigenvalue weighted by molar-refractivity contribution is 7.28. The summed E-state index contributed by atoms with van der Waals surface area (Å²) in [6.45, 7) is 0. The van der Waals surface area contributed by atoms with Crippen molar-refractivity contribution in [2.75, 3.05) is 0 Å². The Morgan fingerprint density at radius 1 is 0.220 bits per heavy atom. The number of pyridine rings is 3. The highest BCUT2D eigenvalue weighted by Gasteiger charge is 2.27. The van der Waals surface area contributed by atoms with E-state index in [4.69, 9.17) is 53.7 Å². The molecule has 0 N–H and O–H groups in total. The summed E-state index contributed by atoms with van der Waals surface area (Å²) in [5.41, 5.74) is 20.1. The van der Waals surface area contributed by atoms with Crippen LogP contribution in [0, 0.1) is 0 Å². The summed E-state index contributed by atoms with van der Waals surface area (Å²) in [5.74, 6) is 2.54. The molecule has 0 amide bonds. The van der Waals surface area contributed by atoms with E-state index in [1.165, 1.54) is 45.0 Å². The lowest BCUT2D eigenvalue weighted by atomic mass is 10.0. The molecule has 28 rings (SSSR count). The predicted octanol–water partition coefficient (Wildman–Crippen LogP) is 29.9. The maximum Gasteiger partial charge on any atom is 0.235 e. The third-order valence-electron chi connectivity index (χ3n) is 24.0. The standard InChI is InChI=1S/C42H24N4OS.C35H19N3OS.C32H17N5S2/c1-3-12-25(13-4-1)37-30-19-7-9-20-33(30)43-41(44-37)27-16-11-17-28(22-27)42-45-38(26-14-5-2-6-15-26)40-39(46-42)32-23-31-29-18-8-10-21-35(29)48-36(31)24-34(32)47-40;1-2-10-20(11-3-1)31-34-32(26-18-25-23-14-7-9-17-28(23)39-29(25)19-30(26)40-34)38-35(37-31)33-24-15-5-4-12-21(24)22-13-6-8-16-27(22)36-33;1-2-6-18(7-3-1)29-31-30(21-14-20-19-8-4-5-9-26(19)38-27(20)15-28(21)39-31)36-32(35-29)37-24-10-12-33-16-22(24)23-17-34-13-11-25(23)37/h1-24H;1-19H;1-17H. The van der Waals surface area contributed by atoms with Crippen molar-refractivity contribution in [2.24, 2.45) is 0 Å². The Morgan fingerprint density at radius 3 is 1.31 bits per heavy atom. The average Bonchev–Trinajstić information content (AvgIpc) is 0.817. The van der Waals surface area contributed by atoms with E-state index in [0.29, 0.717) is 29.0 Å². The lowest BCUT2D eigenvalue weighted by Gasteiger charge is -2.11. The Kier molecular flexibility index (Phi) is 16.7. The van der Waals surface area contributed by atoms with E-state index in [1.807, 2.05) is 151 Å². The van der Waals surface area contributed by atoms with Gasteiger partial charge in [0.25, 0.3) is 0 Å². The fourth-order valence-corrected chi connectivity index (χ4v) is 22.8. The first-order valence-electron chi connectivity index (χ1n) is 41.6. The van der Waals surface area contributed by atoms with E-state index < -0.39 is 0 Å². The largest absolute Gasteiger partial charge is 0.456 e. The Morgan fingerprint density at radius 2 is 0.669 bits per heavy atom. The molecule has 592 valence electrons. The first-order valence-corrected chi connectivity index (χ1v) is 44.9. The van der Waals surface area contributed by atoms with Gasteiger partial charge in [-0.15, -0.1) is 45.3 Å². The van der Waals surface area contributed by atoms with Gasteiger partial charge in [-0.1, -0.05) is 255 Å². The fraction of sp³-hybridized carbons (Fsp3) is 0. The molecule has 0 aliphatic carbocycles. The van der Waals surface area contributed by atoms with Gasteiger partial charge in [0.1, 0.15) is 33.7 Å². The van der Waals surface area contributed by atoms with E-state index in [2.05, 4.69) is 239 Å². The molecule has 14 nitrogen and oxygen atoms in total. The highest BCUT2D eigenvalue weighted by atomic mass is 32.1. The lowest BCUT2D eigenvalue weighted by molar-refractivity contribution is 0.668. The topological polar surface area (TPSA) is 173 Å². The van der Waals surface area contributed by atoms with Crippen LogP contribution < -0.4 is 0 Å². The number of thiophene rings is 4. The molecular formula is C109H60N12O2S4. The summed E-state index contributed by atoms with van der Waals surface area (Å²) in [6, 6.07) is 117. The second kappa shape index (κ2) is 29.3. The van der Waals surface area contributed by atoms with Gasteiger partial charge in [-0.25, -0.2) is 44.9 Å². The van der Waals surface area contributed by atoms with Crippen molar-refractivity contribution in [3.8, 4) is 85.3 Å². The van der Waals surface area contributed by atoms with Crippen LogP contribution in [0.1, 0.15) is 0 Å². The predicted molar refractivity (Wildman–Crippen MR) is 526 cm³/mol. The minimum atomic E-state index is 0.616. The summed E-state index contributed by atoms with van der Waals surface area (Å²) in [5, 5.41) is 16.9. The number of para-hydroxylation sites is 3. The number of rotatable bonds is 8. The van der Waals surface area contributed by atoms with Crippen LogP contribution in [0.4, 0.5) is 0 Å². The van der Waals surface area contributed by atoms with Crippen LogP contribution in [0.15, 0.2) is 373 Å². The number of nitrogens with zero attached hydrogens (tertiary/aromatic N) is 12. The van der Waals surface area contributed by atoms with Gasteiger partial charge in [-0.05, 0) is 90.3 Å². The van der Waals surface area contributed by atoms with Crippen LogP contribution >= 0.6 is 45.3 Å². The fourth-order valence-electron chi connectivity index (χ4n) is 18.1. The van der Waals surface area contributed by atoms with Crippen molar-refractivity contribution < 1.29 is 8.83 Å². The zero-order valence-corrected chi connectivity index (χ0v) is 70.2. The molecule has 0 saturated carbocycles. The molecule has 0 aliphatic heterocycles. The van der Waals surface area contributed by atoms with Crippen LogP contribution in [-0.4, -0.2) is 59.4 Å². The van der Waals surface area contributed by atoms with E-state index in [0.717, 1.165) is 191 Å². The second-order valence-corrected chi connectivity index (χ2v) is 35.7. The summed E-state index contributed by atoms with van der Waals surface area (Å²) in [6.07, 6.45) is 7.43. The molecule has 18 heteroatoms. The van der Waals surface area contributed by atoms with E-state index >= 15 is 0 Å². The molecule has 0 fully saturated rings. The molecule has 0 bridgehead atoms. The molecule has 127 heavy (non-hydrogen) atoms. The lowest BCUT2D eigenvalue weighted by Crippen LogP contribution is -2.02. The first kappa shape index (κ1) is 72.5. The number of furan rings is 2. The third kappa shape index (κ3) is 12.0. The smallest absolute Gasteiger partial charge is 0.235 e. The Labute approximate surface area is 737 Å². The Balaban J connectivity index is 0.000000102. The van der Waals surface area contributed by atoms with Gasteiger partial charge < -0.3 is 8.83 Å². The SMILES string of the molecule is c1ccc(-c2nc(-c3cccc(-c4nc(-c5ccccc5)c5oc6cc7sc8ccccc8c7cc6c5n4)c3)nc3ccccc23)cc1.c1ccc(-c2nc(-c3nc4ccccc4c4ccccc34)nc3c2sc2cc4oc5ccccc5c4cc23)cc1.c1ccc(-c2nc(-n3c4ccncc4c4cnccc43)nc3c2sc2cc4sc5ccccc5c4cc23)cc1. The molecule has 0 atom stereocenters. The molecule has 14 aromatic heterocycles. The normalized spacial score (nSPS) is 11.9. The molecule has 0 spiro atoms. The molecule has 14 heterocycles. The maximum atomic E-state index is 6.58. The number of aromatic nitrogens is 12. The second-order valence-electron chi connectivity index (χ2n) is 31.4. The van der Waals surface area contributed by atoms with Crippen LogP contribution in [0.5, 0.6) is 0 Å². The van der Waals surface area contributed by atoms with Crippen LogP contribution in [0.2, 0.25) is 0 Å². The minimum absolute atomic E-state index is 0.616.